The van der Waals surface area contributed by atoms with Crippen LogP contribution < -0.4 is 24.2 Å². The zero-order valence-electron chi connectivity index (χ0n) is 36.8. The Morgan fingerprint density at radius 2 is 1.66 bits per heavy atom. The zero-order valence-corrected chi connectivity index (χ0v) is 38.4. The fraction of sp³-hybridized carbons (Fsp3) is 0.286. The molecule has 4 heterocycles. The topological polar surface area (TPSA) is 165 Å². The molecule has 0 spiro atoms. The molecule has 1 saturated carbocycles. The van der Waals surface area contributed by atoms with Gasteiger partial charge in [0.2, 0.25) is 10.0 Å². The second-order valence-corrected chi connectivity index (χ2v) is 19.2. The van der Waals surface area contributed by atoms with Crippen molar-refractivity contribution in [3.8, 4) is 28.6 Å². The molecule has 10 rings (SSSR count). The Morgan fingerprint density at radius 3 is 2.46 bits per heavy atom. The molecule has 1 amide bonds. The molecule has 1 atom stereocenters. The average molecular weight is 944 g/mol. The van der Waals surface area contributed by atoms with Crippen molar-refractivity contribution in [1.82, 2.24) is 39.1 Å². The van der Waals surface area contributed by atoms with Crippen LogP contribution in [0.15, 0.2) is 104 Å². The number of anilines is 1. The highest BCUT2D eigenvalue weighted by molar-refractivity contribution is 7.90. The van der Waals surface area contributed by atoms with Gasteiger partial charge in [0.1, 0.15) is 54.2 Å². The molecule has 8 aromatic rings. The van der Waals surface area contributed by atoms with E-state index < -0.39 is 33.0 Å². The second-order valence-electron chi connectivity index (χ2n) is 16.9. The Kier molecular flexibility index (Phi) is 12.2. The standard InChI is InChI=1S/C49H47ClFN9O6S/c1-58-19-21-59(22-20-58)23-24-65-42-16-15-36-43(45(42)50)37-26-31(51)11-14-34(37)38-27-60-46(44(36)38)48(53-29-54-60)56-39(49(61)57-67(62,63)33-12-13-33)25-30-7-3-5-9-40(30)66-28-32-17-18-52-47(55-32)35-8-4-6-10-41(35)64-2/h3-11,14-18,26-27,29,33,39H,12-13,19-25,28H2,1-2H3,(H,57,61)(H,53,54,56). The van der Waals surface area contributed by atoms with Gasteiger partial charge in [-0.25, -0.2) is 32.3 Å². The van der Waals surface area contributed by atoms with E-state index in [4.69, 9.17) is 30.8 Å². The van der Waals surface area contributed by atoms with Crippen LogP contribution in [0.2, 0.25) is 5.02 Å². The maximum absolute atomic E-state index is 15.1. The molecule has 2 N–H and O–H groups in total. The van der Waals surface area contributed by atoms with Crippen molar-refractivity contribution >= 4 is 71.2 Å². The van der Waals surface area contributed by atoms with Crippen LogP contribution >= 0.6 is 11.6 Å². The van der Waals surface area contributed by atoms with Gasteiger partial charge in [-0.05, 0) is 90.1 Å². The van der Waals surface area contributed by atoms with Gasteiger partial charge >= 0.3 is 0 Å². The van der Waals surface area contributed by atoms with Crippen molar-refractivity contribution in [2.45, 2.75) is 37.2 Å². The lowest BCUT2D eigenvalue weighted by molar-refractivity contribution is -0.120. The van der Waals surface area contributed by atoms with Crippen LogP contribution in [0.5, 0.6) is 17.2 Å². The summed E-state index contributed by atoms with van der Waals surface area (Å²) in [4.78, 5) is 32.8. The number of nitrogens with zero attached hydrogens (tertiary/aromatic N) is 7. The normalized spacial score (nSPS) is 15.3. The van der Waals surface area contributed by atoms with E-state index >= 15 is 4.39 Å². The number of likely N-dealkylation sites (N-methyl/N-ethyl adjacent to an activating group) is 1. The lowest BCUT2D eigenvalue weighted by Crippen LogP contribution is -2.45. The summed E-state index contributed by atoms with van der Waals surface area (Å²) in [6.45, 7) is 5.09. The van der Waals surface area contributed by atoms with Gasteiger partial charge in [0, 0.05) is 67.7 Å². The number of aromatic nitrogens is 5. The van der Waals surface area contributed by atoms with Gasteiger partial charge in [0.15, 0.2) is 11.6 Å². The Balaban J connectivity index is 1.00. The lowest BCUT2D eigenvalue weighted by atomic mass is 9.95. The summed E-state index contributed by atoms with van der Waals surface area (Å²) >= 11 is 7.25. The van der Waals surface area contributed by atoms with Gasteiger partial charge in [0.05, 0.1) is 28.6 Å². The number of methoxy groups -OCH3 is 1. The molecule has 15 nitrogen and oxygen atoms in total. The summed E-state index contributed by atoms with van der Waals surface area (Å²) in [5.74, 6) is 1.10. The number of hydrogen-bond donors (Lipinski definition) is 2. The van der Waals surface area contributed by atoms with Crippen molar-refractivity contribution in [2.75, 3.05) is 58.8 Å². The predicted molar refractivity (Wildman–Crippen MR) is 256 cm³/mol. The molecular formula is C49H47ClFN9O6S. The first-order chi connectivity index (χ1) is 32.5. The summed E-state index contributed by atoms with van der Waals surface area (Å²) in [6.07, 6.45) is 5.77. The fourth-order valence-electron chi connectivity index (χ4n) is 8.72. The van der Waals surface area contributed by atoms with Crippen molar-refractivity contribution in [1.29, 1.82) is 0 Å². The molecule has 1 unspecified atom stereocenters. The number of ether oxygens (including phenoxy) is 3. The zero-order chi connectivity index (χ0) is 46.2. The molecule has 5 aromatic carbocycles. The van der Waals surface area contributed by atoms with Gasteiger partial charge < -0.3 is 24.4 Å². The maximum Gasteiger partial charge on any atom is 0.256 e. The largest absolute Gasteiger partial charge is 0.496 e. The van der Waals surface area contributed by atoms with E-state index in [-0.39, 0.29) is 18.8 Å². The van der Waals surface area contributed by atoms with E-state index in [1.54, 1.807) is 36.0 Å². The number of hydrogen-bond acceptors (Lipinski definition) is 13. The molecular weight excluding hydrogens is 897 g/mol. The number of carbonyl (C=O) groups excluding carboxylic acids is 1. The van der Waals surface area contributed by atoms with Crippen LogP contribution in [0, 0.1) is 5.82 Å². The smallest absolute Gasteiger partial charge is 0.256 e. The summed E-state index contributed by atoms with van der Waals surface area (Å²) < 4.78 is 63.9. The Morgan fingerprint density at radius 1 is 0.881 bits per heavy atom. The average Bonchev–Trinajstić information content (AvgIpc) is 4.13. The highest BCUT2D eigenvalue weighted by atomic mass is 35.5. The van der Waals surface area contributed by atoms with Crippen molar-refractivity contribution in [3.63, 3.8) is 0 Å². The molecule has 67 heavy (non-hydrogen) atoms. The number of piperazine rings is 1. The molecule has 1 aliphatic carbocycles. The monoisotopic (exact) mass is 943 g/mol. The fourth-order valence-corrected chi connectivity index (χ4v) is 10.4. The molecule has 2 aliphatic rings. The van der Waals surface area contributed by atoms with Crippen LogP contribution in [-0.2, 0) is 27.8 Å². The lowest BCUT2D eigenvalue weighted by Gasteiger charge is -2.32. The SMILES string of the molecule is COc1ccccc1-c1nccc(COc2ccccc2CC(Nc2ncnn3cc4c5ccc(F)cc5c5c(Cl)c(OCCN6CCN(C)CC6)ccc5c4c23)C(=O)NS(=O)(=O)C2CC2)n1. The molecule has 3 aromatic heterocycles. The highest BCUT2D eigenvalue weighted by Gasteiger charge is 2.38. The third kappa shape index (κ3) is 9.11. The second kappa shape index (κ2) is 18.6. The highest BCUT2D eigenvalue weighted by Crippen LogP contribution is 2.45. The molecule has 2 fully saturated rings. The maximum atomic E-state index is 15.1. The Hall–Kier alpha value is -6.66. The molecule has 18 heteroatoms. The molecule has 1 aliphatic heterocycles. The van der Waals surface area contributed by atoms with E-state index in [0.717, 1.165) is 43.7 Å². The first-order valence-corrected chi connectivity index (χ1v) is 24.0. The predicted octanol–water partition coefficient (Wildman–Crippen LogP) is 7.28. The quantitative estimate of drug-likeness (QED) is 0.0930. The van der Waals surface area contributed by atoms with Gasteiger partial charge in [0.25, 0.3) is 5.91 Å². The number of carbonyl (C=O) groups is 1. The summed E-state index contributed by atoms with van der Waals surface area (Å²) in [5.41, 5.74) is 2.44. The number of fused-ring (bicyclic) bond motifs is 8. The van der Waals surface area contributed by atoms with Crippen molar-refractivity contribution in [3.05, 3.63) is 126 Å². The van der Waals surface area contributed by atoms with Crippen LogP contribution in [0.25, 0.3) is 49.2 Å². The number of rotatable bonds is 16. The number of benzene rings is 5. The third-order valence-electron chi connectivity index (χ3n) is 12.4. The molecule has 0 radical (unpaired) electrons. The number of nitrogens with one attached hydrogen (secondary N) is 2. The van der Waals surface area contributed by atoms with Gasteiger partial charge in [-0.1, -0.05) is 48.0 Å². The Bertz CT molecular complexity index is 3290. The number of amides is 1. The van der Waals surface area contributed by atoms with Gasteiger partial charge in [-0.2, -0.15) is 5.10 Å². The van der Waals surface area contributed by atoms with E-state index in [2.05, 4.69) is 42.0 Å². The third-order valence-corrected chi connectivity index (χ3v) is 14.6. The van der Waals surface area contributed by atoms with E-state index in [9.17, 15) is 13.2 Å². The number of para-hydroxylation sites is 2. The van der Waals surface area contributed by atoms with E-state index in [0.29, 0.717) is 91.2 Å². The Labute approximate surface area is 390 Å². The van der Waals surface area contributed by atoms with Crippen LogP contribution in [-0.4, -0.2) is 113 Å². The minimum atomic E-state index is -3.95. The summed E-state index contributed by atoms with van der Waals surface area (Å²) in [7, 11) is -0.241. The van der Waals surface area contributed by atoms with Crippen LogP contribution in [0.3, 0.4) is 0 Å². The first-order valence-electron chi connectivity index (χ1n) is 22.1. The minimum absolute atomic E-state index is 0.00313. The van der Waals surface area contributed by atoms with Crippen LogP contribution in [0.1, 0.15) is 24.1 Å². The number of halogens is 2. The minimum Gasteiger partial charge on any atom is -0.496 e. The molecule has 1 saturated heterocycles. The van der Waals surface area contributed by atoms with Gasteiger partial charge in [-0.15, -0.1) is 0 Å². The first kappa shape index (κ1) is 44.2. The summed E-state index contributed by atoms with van der Waals surface area (Å²) in [5, 5.41) is 11.6. The number of sulfonamides is 1. The van der Waals surface area contributed by atoms with Gasteiger partial charge in [-0.3, -0.25) is 14.4 Å². The van der Waals surface area contributed by atoms with Crippen molar-refractivity contribution < 1.29 is 31.8 Å². The van der Waals surface area contributed by atoms with Crippen molar-refractivity contribution in [2.24, 2.45) is 0 Å². The van der Waals surface area contributed by atoms with E-state index in [1.807, 2.05) is 60.8 Å². The van der Waals surface area contributed by atoms with E-state index in [1.165, 1.54) is 18.5 Å². The molecule has 344 valence electrons. The van der Waals surface area contributed by atoms with Crippen LogP contribution in [0.4, 0.5) is 10.2 Å². The summed E-state index contributed by atoms with van der Waals surface area (Å²) in [6, 6.07) is 23.6. The molecule has 0 bridgehead atoms.